The molecule has 0 radical (unpaired) electrons. The van der Waals surface area contributed by atoms with Gasteiger partial charge >= 0.3 is 0 Å². The third-order valence-corrected chi connectivity index (χ3v) is 11.1. The highest BCUT2D eigenvalue weighted by Gasteiger charge is 2.19. The van der Waals surface area contributed by atoms with Crippen molar-refractivity contribution in [3.63, 3.8) is 0 Å². The fourth-order valence-corrected chi connectivity index (χ4v) is 8.44. The van der Waals surface area contributed by atoms with Crippen LogP contribution < -0.4 is 0 Å². The summed E-state index contributed by atoms with van der Waals surface area (Å²) in [5, 5.41) is 11.3. The summed E-state index contributed by atoms with van der Waals surface area (Å²) in [7, 11) is 0. The van der Waals surface area contributed by atoms with Crippen LogP contribution in [0.5, 0.6) is 0 Å². The van der Waals surface area contributed by atoms with Gasteiger partial charge in [-0.3, -0.25) is 0 Å². The van der Waals surface area contributed by atoms with Gasteiger partial charge in [0.1, 0.15) is 5.58 Å². The number of hydrogen-bond donors (Lipinski definition) is 0. The molecule has 0 atom stereocenters. The maximum atomic E-state index is 6.09. The Hall–Kier alpha value is -7.70. The lowest BCUT2D eigenvalue weighted by Gasteiger charge is -2.15. The van der Waals surface area contributed by atoms with Crippen LogP contribution in [0, 0.1) is 0 Å². The number of aromatic nitrogens is 5. The number of pyridine rings is 1. The predicted molar refractivity (Wildman–Crippen MR) is 228 cm³/mol. The van der Waals surface area contributed by atoms with Crippen molar-refractivity contribution in [2.24, 2.45) is 0 Å². The molecular weight excluding hydrogens is 687 g/mol. The molecule has 0 spiro atoms. The van der Waals surface area contributed by atoms with Crippen molar-refractivity contribution < 1.29 is 4.42 Å². The van der Waals surface area contributed by atoms with E-state index in [9.17, 15) is 0 Å². The van der Waals surface area contributed by atoms with Gasteiger partial charge in [-0.1, -0.05) is 109 Å². The van der Waals surface area contributed by atoms with E-state index in [4.69, 9.17) is 19.4 Å². The molecule has 0 bridgehead atoms. The Bertz CT molecular complexity index is 3510. The third kappa shape index (κ3) is 4.69. The van der Waals surface area contributed by atoms with Gasteiger partial charge in [-0.05, 0) is 87.6 Å². The van der Waals surface area contributed by atoms with E-state index < -0.39 is 0 Å². The van der Waals surface area contributed by atoms with Gasteiger partial charge in [-0.25, -0.2) is 19.9 Å². The number of hydrogen-bond acceptors (Lipinski definition) is 5. The molecule has 0 saturated carbocycles. The maximum Gasteiger partial charge on any atom is 0.227 e. The first kappa shape index (κ1) is 30.7. The lowest BCUT2D eigenvalue weighted by Crippen LogP contribution is -2.02. The van der Waals surface area contributed by atoms with E-state index in [-0.39, 0.29) is 0 Å². The average Bonchev–Trinajstić information content (AvgIpc) is 3.81. The summed E-state index contributed by atoms with van der Waals surface area (Å²) in [6.45, 7) is 0. The highest BCUT2D eigenvalue weighted by Crippen LogP contribution is 2.38. The molecule has 0 N–H and O–H groups in total. The molecule has 0 fully saturated rings. The Labute approximate surface area is 320 Å². The van der Waals surface area contributed by atoms with Crippen molar-refractivity contribution in [3.8, 4) is 39.9 Å². The van der Waals surface area contributed by atoms with E-state index in [1.165, 1.54) is 21.5 Å². The molecule has 260 valence electrons. The Balaban J connectivity index is 1.13. The smallest absolute Gasteiger partial charge is 0.227 e. The zero-order chi connectivity index (χ0) is 36.7. The van der Waals surface area contributed by atoms with Crippen LogP contribution in [-0.4, -0.2) is 24.5 Å². The SMILES string of the molecule is c1ccc2c(-n3c4ccccc4c4ccccc43)cc(-c3nc(-c4ccc5ccc6ccccc6c5c4)nc(-c4ccc5oc6ncccc6c5c4)n3)cc2c1. The van der Waals surface area contributed by atoms with Crippen LogP contribution in [-0.2, 0) is 0 Å². The van der Waals surface area contributed by atoms with Gasteiger partial charge in [0.05, 0.1) is 16.7 Å². The highest BCUT2D eigenvalue weighted by molar-refractivity contribution is 6.11. The fraction of sp³-hybridized carbons (Fsp3) is 0. The number of rotatable bonds is 4. The van der Waals surface area contributed by atoms with Crippen LogP contribution in [0.3, 0.4) is 0 Å². The average molecular weight is 716 g/mol. The molecule has 6 nitrogen and oxygen atoms in total. The monoisotopic (exact) mass is 715 g/mol. The molecule has 0 aliphatic carbocycles. The Morgan fingerprint density at radius 3 is 1.68 bits per heavy atom. The number of para-hydroxylation sites is 2. The molecule has 0 amide bonds. The van der Waals surface area contributed by atoms with Gasteiger partial charge < -0.3 is 8.98 Å². The van der Waals surface area contributed by atoms with E-state index in [1.54, 1.807) is 6.20 Å². The third-order valence-electron chi connectivity index (χ3n) is 11.1. The first-order valence-corrected chi connectivity index (χ1v) is 18.7. The minimum atomic E-state index is 0.578. The van der Waals surface area contributed by atoms with Crippen LogP contribution in [0.25, 0.3) is 116 Å². The quantitative estimate of drug-likeness (QED) is 0.170. The van der Waals surface area contributed by atoms with E-state index in [1.807, 2.05) is 24.3 Å². The molecule has 56 heavy (non-hydrogen) atoms. The molecule has 0 aliphatic rings. The molecule has 0 unspecified atom stereocenters. The lowest BCUT2D eigenvalue weighted by atomic mass is 9.99. The number of furan rings is 1. The molecule has 0 aliphatic heterocycles. The van der Waals surface area contributed by atoms with E-state index in [0.717, 1.165) is 71.3 Å². The van der Waals surface area contributed by atoms with Gasteiger partial charge in [0, 0.05) is 49.8 Å². The predicted octanol–water partition coefficient (Wildman–Crippen LogP) is 12.7. The van der Waals surface area contributed by atoms with Crippen molar-refractivity contribution in [2.75, 3.05) is 0 Å². The Morgan fingerprint density at radius 2 is 0.929 bits per heavy atom. The standard InChI is InChI=1S/C50H29N5O/c1-3-12-36-30(10-1)19-20-31-21-22-33(27-41(31)36)47-52-48(34-23-24-46-42(28-34)40-16-9-25-51-50(40)56-46)54-49(53-47)35-26-32-11-2-4-13-37(32)45(29-35)55-43-17-7-5-14-38(43)39-15-6-8-18-44(39)55/h1-29H. The van der Waals surface area contributed by atoms with Gasteiger partial charge in [0.15, 0.2) is 17.5 Å². The summed E-state index contributed by atoms with van der Waals surface area (Å²) in [5.41, 5.74) is 7.41. The second-order valence-corrected chi connectivity index (χ2v) is 14.3. The number of nitrogens with zero attached hydrogens (tertiary/aromatic N) is 5. The van der Waals surface area contributed by atoms with Crippen molar-refractivity contribution >= 4 is 76.2 Å². The minimum Gasteiger partial charge on any atom is -0.438 e. The Morgan fingerprint density at radius 1 is 0.375 bits per heavy atom. The maximum absolute atomic E-state index is 6.09. The summed E-state index contributed by atoms with van der Waals surface area (Å²) < 4.78 is 8.46. The summed E-state index contributed by atoms with van der Waals surface area (Å²) in [6.07, 6.45) is 1.75. The van der Waals surface area contributed by atoms with Crippen molar-refractivity contribution in [2.45, 2.75) is 0 Å². The molecule has 4 aromatic heterocycles. The summed E-state index contributed by atoms with van der Waals surface area (Å²) in [4.78, 5) is 20.2. The number of fused-ring (bicyclic) bond motifs is 10. The van der Waals surface area contributed by atoms with Gasteiger partial charge in [0.2, 0.25) is 5.71 Å². The van der Waals surface area contributed by atoms with Crippen molar-refractivity contribution in [1.82, 2.24) is 24.5 Å². The van der Waals surface area contributed by atoms with Gasteiger partial charge in [-0.15, -0.1) is 0 Å². The van der Waals surface area contributed by atoms with E-state index in [2.05, 4.69) is 155 Å². The lowest BCUT2D eigenvalue weighted by molar-refractivity contribution is 0.654. The fourth-order valence-electron chi connectivity index (χ4n) is 8.44. The summed E-state index contributed by atoms with van der Waals surface area (Å²) in [5.74, 6) is 1.77. The first-order valence-electron chi connectivity index (χ1n) is 18.7. The molecule has 12 aromatic rings. The molecule has 12 rings (SSSR count). The Kier molecular flexibility index (Phi) is 6.53. The van der Waals surface area contributed by atoms with Crippen LogP contribution in [0.1, 0.15) is 0 Å². The van der Waals surface area contributed by atoms with Gasteiger partial charge in [-0.2, -0.15) is 0 Å². The van der Waals surface area contributed by atoms with Crippen molar-refractivity contribution in [1.29, 1.82) is 0 Å². The highest BCUT2D eigenvalue weighted by atomic mass is 16.3. The molecule has 4 heterocycles. The largest absolute Gasteiger partial charge is 0.438 e. The first-order chi connectivity index (χ1) is 27.7. The summed E-state index contributed by atoms with van der Waals surface area (Å²) in [6, 6.07) is 59.6. The van der Waals surface area contributed by atoms with Gasteiger partial charge in [0.25, 0.3) is 0 Å². The van der Waals surface area contributed by atoms with E-state index >= 15 is 0 Å². The number of benzene rings is 8. The van der Waals surface area contributed by atoms with Crippen molar-refractivity contribution in [3.05, 3.63) is 176 Å². The molecule has 6 heteroatoms. The zero-order valence-electron chi connectivity index (χ0n) is 29.9. The second-order valence-electron chi connectivity index (χ2n) is 14.3. The topological polar surface area (TPSA) is 69.6 Å². The summed E-state index contributed by atoms with van der Waals surface area (Å²) >= 11 is 0. The van der Waals surface area contributed by atoms with Crippen LogP contribution in [0.4, 0.5) is 0 Å². The second kappa shape index (κ2) is 11.9. The normalized spacial score (nSPS) is 11.9. The molecule has 8 aromatic carbocycles. The minimum absolute atomic E-state index is 0.578. The van der Waals surface area contributed by atoms with E-state index in [0.29, 0.717) is 23.2 Å². The zero-order valence-corrected chi connectivity index (χ0v) is 29.9. The molecule has 0 saturated heterocycles. The molecular formula is C50H29N5O. The van der Waals surface area contributed by atoms with Crippen LogP contribution in [0.2, 0.25) is 0 Å². The van der Waals surface area contributed by atoms with Crippen LogP contribution in [0.15, 0.2) is 180 Å². The van der Waals surface area contributed by atoms with Crippen LogP contribution >= 0.6 is 0 Å².